The van der Waals surface area contributed by atoms with E-state index in [0.717, 1.165) is 32.1 Å². The SMILES string of the molecule is Cl.NCCC(=O)NCC1CCCCN1C(=O)c1cccc(NC(=O)NC2CC2)c1. The summed E-state index contributed by atoms with van der Waals surface area (Å²) in [4.78, 5) is 38.6. The van der Waals surface area contributed by atoms with Gasteiger partial charge in [-0.1, -0.05) is 6.07 Å². The van der Waals surface area contributed by atoms with E-state index in [-0.39, 0.29) is 48.8 Å². The minimum Gasteiger partial charge on any atom is -0.354 e. The number of likely N-dealkylation sites (tertiary alicyclic amines) is 1. The zero-order chi connectivity index (χ0) is 19.9. The summed E-state index contributed by atoms with van der Waals surface area (Å²) in [5.74, 6) is -0.169. The summed E-state index contributed by atoms with van der Waals surface area (Å²) in [7, 11) is 0. The molecule has 0 aromatic heterocycles. The van der Waals surface area contributed by atoms with Crippen molar-refractivity contribution in [2.75, 3.05) is 25.0 Å². The minimum absolute atomic E-state index is 0. The van der Waals surface area contributed by atoms with Crippen molar-refractivity contribution in [1.82, 2.24) is 15.5 Å². The van der Waals surface area contributed by atoms with Crippen LogP contribution in [0.5, 0.6) is 0 Å². The summed E-state index contributed by atoms with van der Waals surface area (Å²) < 4.78 is 0. The fraction of sp³-hybridized carbons (Fsp3) is 0.550. The van der Waals surface area contributed by atoms with Crippen molar-refractivity contribution < 1.29 is 14.4 Å². The van der Waals surface area contributed by atoms with E-state index in [1.165, 1.54) is 0 Å². The van der Waals surface area contributed by atoms with Gasteiger partial charge in [0.25, 0.3) is 5.91 Å². The number of nitrogens with zero attached hydrogens (tertiary/aromatic N) is 1. The Kier molecular flexibility index (Phi) is 8.72. The predicted octanol–water partition coefficient (Wildman–Crippen LogP) is 1.85. The minimum atomic E-state index is -0.245. The molecule has 4 amide bonds. The average Bonchev–Trinajstić information content (AvgIpc) is 3.50. The van der Waals surface area contributed by atoms with E-state index in [0.29, 0.717) is 30.9 Å². The summed E-state index contributed by atoms with van der Waals surface area (Å²) in [5, 5.41) is 8.52. The first-order valence-corrected chi connectivity index (χ1v) is 10.0. The van der Waals surface area contributed by atoms with Gasteiger partial charge < -0.3 is 26.6 Å². The maximum Gasteiger partial charge on any atom is 0.319 e. The molecule has 29 heavy (non-hydrogen) atoms. The zero-order valence-electron chi connectivity index (χ0n) is 16.5. The van der Waals surface area contributed by atoms with E-state index in [1.54, 1.807) is 24.3 Å². The van der Waals surface area contributed by atoms with E-state index < -0.39 is 0 Å². The number of carbonyl (C=O) groups excluding carboxylic acids is 3. The molecule has 5 N–H and O–H groups in total. The van der Waals surface area contributed by atoms with Crippen molar-refractivity contribution in [1.29, 1.82) is 0 Å². The smallest absolute Gasteiger partial charge is 0.319 e. The lowest BCUT2D eigenvalue weighted by Gasteiger charge is -2.36. The molecule has 0 spiro atoms. The van der Waals surface area contributed by atoms with Crippen molar-refractivity contribution in [2.45, 2.75) is 50.6 Å². The van der Waals surface area contributed by atoms with Crippen LogP contribution in [0.25, 0.3) is 0 Å². The topological polar surface area (TPSA) is 117 Å². The number of nitrogens with two attached hydrogens (primary N) is 1. The number of nitrogens with one attached hydrogen (secondary N) is 3. The highest BCUT2D eigenvalue weighted by molar-refractivity contribution is 5.97. The van der Waals surface area contributed by atoms with E-state index in [4.69, 9.17) is 5.73 Å². The number of halogens is 1. The number of urea groups is 1. The summed E-state index contributed by atoms with van der Waals surface area (Å²) >= 11 is 0. The van der Waals surface area contributed by atoms with Gasteiger partial charge in [-0.25, -0.2) is 4.79 Å². The summed E-state index contributed by atoms with van der Waals surface area (Å²) in [6.45, 7) is 1.41. The maximum absolute atomic E-state index is 13.1. The Hall–Kier alpha value is -2.32. The standard InChI is InChI=1S/C20H29N5O3.ClH/c21-10-9-18(26)22-13-17-6-1-2-11-25(17)19(27)14-4-3-5-16(12-14)24-20(28)23-15-7-8-15;/h3-5,12,15,17H,1-2,6-11,13,21H2,(H,22,26)(H2,23,24,28);1H. The predicted molar refractivity (Wildman–Crippen MR) is 114 cm³/mol. The van der Waals surface area contributed by atoms with Crippen LogP contribution in [0, 0.1) is 0 Å². The number of rotatable bonds is 7. The number of hydrogen-bond acceptors (Lipinski definition) is 4. The Morgan fingerprint density at radius 1 is 1.14 bits per heavy atom. The number of amides is 4. The Morgan fingerprint density at radius 3 is 2.66 bits per heavy atom. The van der Waals surface area contributed by atoms with Crippen LogP contribution in [0.1, 0.15) is 48.9 Å². The van der Waals surface area contributed by atoms with Gasteiger partial charge in [-0.15, -0.1) is 12.4 Å². The Bertz CT molecular complexity index is 726. The van der Waals surface area contributed by atoms with Crippen molar-refractivity contribution in [3.63, 3.8) is 0 Å². The van der Waals surface area contributed by atoms with Crippen LogP contribution in [0.2, 0.25) is 0 Å². The van der Waals surface area contributed by atoms with Gasteiger partial charge >= 0.3 is 6.03 Å². The van der Waals surface area contributed by atoms with Gasteiger partial charge in [-0.05, 0) is 50.3 Å². The number of piperidine rings is 1. The largest absolute Gasteiger partial charge is 0.354 e. The summed E-state index contributed by atoms with van der Waals surface area (Å²) in [6, 6.07) is 6.99. The van der Waals surface area contributed by atoms with E-state index >= 15 is 0 Å². The first-order valence-electron chi connectivity index (χ1n) is 10.0. The third-order valence-corrected chi connectivity index (χ3v) is 5.07. The second kappa shape index (κ2) is 11.0. The molecular weight excluding hydrogens is 394 g/mol. The van der Waals surface area contributed by atoms with Crippen molar-refractivity contribution in [3.05, 3.63) is 29.8 Å². The molecule has 2 aliphatic rings. The molecular formula is C20H30ClN5O3. The van der Waals surface area contributed by atoms with Crippen LogP contribution in [-0.2, 0) is 4.79 Å². The Labute approximate surface area is 177 Å². The molecule has 1 heterocycles. The molecule has 0 radical (unpaired) electrons. The number of benzene rings is 1. The zero-order valence-corrected chi connectivity index (χ0v) is 17.3. The molecule has 160 valence electrons. The Morgan fingerprint density at radius 2 is 1.93 bits per heavy atom. The fourth-order valence-electron chi connectivity index (χ4n) is 3.41. The molecule has 0 bridgehead atoms. The van der Waals surface area contributed by atoms with Gasteiger partial charge in [0.2, 0.25) is 5.91 Å². The van der Waals surface area contributed by atoms with Crippen LogP contribution in [0.15, 0.2) is 24.3 Å². The molecule has 1 aromatic carbocycles. The van der Waals surface area contributed by atoms with Crippen molar-refractivity contribution >= 4 is 35.9 Å². The lowest BCUT2D eigenvalue weighted by molar-refractivity contribution is -0.121. The van der Waals surface area contributed by atoms with Crippen LogP contribution in [-0.4, -0.2) is 54.5 Å². The maximum atomic E-state index is 13.1. The normalized spacial score (nSPS) is 18.4. The highest BCUT2D eigenvalue weighted by Gasteiger charge is 2.28. The summed E-state index contributed by atoms with van der Waals surface area (Å²) in [5.41, 5.74) is 6.53. The van der Waals surface area contributed by atoms with Gasteiger partial charge in [-0.2, -0.15) is 0 Å². The van der Waals surface area contributed by atoms with Gasteiger partial charge in [-0.3, -0.25) is 9.59 Å². The molecule has 1 saturated carbocycles. The molecule has 1 aliphatic heterocycles. The monoisotopic (exact) mass is 423 g/mol. The molecule has 9 heteroatoms. The van der Waals surface area contributed by atoms with E-state index in [9.17, 15) is 14.4 Å². The molecule has 1 unspecified atom stereocenters. The summed E-state index contributed by atoms with van der Waals surface area (Å²) in [6.07, 6.45) is 5.16. The number of anilines is 1. The molecule has 1 aliphatic carbocycles. The third kappa shape index (κ3) is 6.90. The lowest BCUT2D eigenvalue weighted by atomic mass is 10.0. The van der Waals surface area contributed by atoms with Gasteiger partial charge in [0.15, 0.2) is 0 Å². The molecule has 2 fully saturated rings. The first kappa shape index (κ1) is 23.0. The molecule has 1 aromatic rings. The van der Waals surface area contributed by atoms with E-state index in [1.807, 2.05) is 4.90 Å². The first-order chi connectivity index (χ1) is 13.6. The van der Waals surface area contributed by atoms with Crippen LogP contribution >= 0.6 is 12.4 Å². The highest BCUT2D eigenvalue weighted by Crippen LogP contribution is 2.22. The average molecular weight is 424 g/mol. The van der Waals surface area contributed by atoms with Crippen LogP contribution < -0.4 is 21.7 Å². The van der Waals surface area contributed by atoms with Gasteiger partial charge in [0.05, 0.1) is 0 Å². The van der Waals surface area contributed by atoms with E-state index in [2.05, 4.69) is 16.0 Å². The fourth-order valence-corrected chi connectivity index (χ4v) is 3.41. The highest BCUT2D eigenvalue weighted by atomic mass is 35.5. The van der Waals surface area contributed by atoms with Gasteiger partial charge in [0, 0.05) is 49.4 Å². The second-order valence-electron chi connectivity index (χ2n) is 7.44. The Balaban J connectivity index is 0.00000300. The lowest BCUT2D eigenvalue weighted by Crippen LogP contribution is -2.49. The second-order valence-corrected chi connectivity index (χ2v) is 7.44. The van der Waals surface area contributed by atoms with Gasteiger partial charge in [0.1, 0.15) is 0 Å². The molecule has 1 saturated heterocycles. The van der Waals surface area contributed by atoms with Crippen LogP contribution in [0.3, 0.4) is 0 Å². The van der Waals surface area contributed by atoms with Crippen molar-refractivity contribution in [3.8, 4) is 0 Å². The number of carbonyl (C=O) groups is 3. The number of hydrogen-bond donors (Lipinski definition) is 4. The molecule has 3 rings (SSSR count). The third-order valence-electron chi connectivity index (χ3n) is 5.07. The van der Waals surface area contributed by atoms with Crippen molar-refractivity contribution in [2.24, 2.45) is 5.73 Å². The molecule has 8 nitrogen and oxygen atoms in total. The quantitative estimate of drug-likeness (QED) is 0.535. The van der Waals surface area contributed by atoms with Crippen LogP contribution in [0.4, 0.5) is 10.5 Å². The molecule has 1 atom stereocenters.